The second kappa shape index (κ2) is 5.76. The van der Waals surface area contributed by atoms with Crippen molar-refractivity contribution in [3.63, 3.8) is 0 Å². The van der Waals surface area contributed by atoms with Crippen LogP contribution in [0.5, 0.6) is 0 Å². The van der Waals surface area contributed by atoms with Gasteiger partial charge in [-0.2, -0.15) is 0 Å². The summed E-state index contributed by atoms with van der Waals surface area (Å²) in [6.07, 6.45) is 3.79. The number of nitrogens with two attached hydrogens (primary N) is 1. The van der Waals surface area contributed by atoms with Gasteiger partial charge >= 0.3 is 0 Å². The molecule has 1 heterocycles. The van der Waals surface area contributed by atoms with E-state index < -0.39 is 0 Å². The summed E-state index contributed by atoms with van der Waals surface area (Å²) in [5.74, 6) is 0.180. The van der Waals surface area contributed by atoms with Gasteiger partial charge in [-0.3, -0.25) is 4.79 Å². The van der Waals surface area contributed by atoms with Gasteiger partial charge in [0.1, 0.15) is 0 Å². The van der Waals surface area contributed by atoms with Crippen LogP contribution in [0.2, 0.25) is 5.02 Å². The quantitative estimate of drug-likeness (QED) is 0.766. The summed E-state index contributed by atoms with van der Waals surface area (Å²) in [4.78, 5) is 20.5. The number of amides is 1. The second-order valence-corrected chi connectivity index (χ2v) is 6.35. The number of hydrogen-bond donors (Lipinski definition) is 2. The Labute approximate surface area is 143 Å². The van der Waals surface area contributed by atoms with E-state index in [9.17, 15) is 4.79 Å². The summed E-state index contributed by atoms with van der Waals surface area (Å²) >= 11 is 6.35. The summed E-state index contributed by atoms with van der Waals surface area (Å²) in [6.45, 7) is 0. The lowest BCUT2D eigenvalue weighted by molar-refractivity contribution is 0.0951. The number of halogens is 1. The molecule has 0 spiro atoms. The molecule has 120 valence electrons. The van der Waals surface area contributed by atoms with Crippen LogP contribution in [-0.2, 0) is 0 Å². The van der Waals surface area contributed by atoms with E-state index in [1.54, 1.807) is 18.3 Å². The Morgan fingerprint density at radius 1 is 1.21 bits per heavy atom. The van der Waals surface area contributed by atoms with Gasteiger partial charge in [0.25, 0.3) is 5.91 Å². The zero-order chi connectivity index (χ0) is 16.7. The van der Waals surface area contributed by atoms with Crippen molar-refractivity contribution >= 4 is 34.4 Å². The first-order chi connectivity index (χ1) is 11.6. The van der Waals surface area contributed by atoms with Gasteiger partial charge in [-0.15, -0.1) is 0 Å². The summed E-state index contributed by atoms with van der Waals surface area (Å²) in [7, 11) is 0. The maximum absolute atomic E-state index is 12.3. The molecular weight excluding hydrogens is 324 g/mol. The van der Waals surface area contributed by atoms with E-state index in [1.165, 1.54) is 0 Å². The molecule has 0 atom stereocenters. The number of nitrogens with one attached hydrogen (secondary N) is 1. The zero-order valence-electron chi connectivity index (χ0n) is 12.8. The van der Waals surface area contributed by atoms with Crippen LogP contribution in [0.15, 0.2) is 42.6 Å². The number of rotatable bonds is 3. The maximum atomic E-state index is 12.3. The molecule has 5 nitrogen and oxygen atoms in total. The SMILES string of the molecule is Nc1ncc2cc(-c3cc(C(=O)NC4CC4)ccc3Cl)ccc2n1. The van der Waals surface area contributed by atoms with Gasteiger partial charge in [-0.25, -0.2) is 9.97 Å². The molecule has 1 aliphatic carbocycles. The number of nitrogen functional groups attached to an aromatic ring is 1. The Balaban J connectivity index is 1.74. The van der Waals surface area contributed by atoms with E-state index in [0.29, 0.717) is 16.6 Å². The molecular formula is C18H15ClN4O. The van der Waals surface area contributed by atoms with Crippen molar-refractivity contribution in [2.24, 2.45) is 0 Å². The lowest BCUT2D eigenvalue weighted by atomic mass is 10.0. The fourth-order valence-corrected chi connectivity index (χ4v) is 2.83. The second-order valence-electron chi connectivity index (χ2n) is 5.94. The molecule has 1 saturated carbocycles. The van der Waals surface area contributed by atoms with E-state index in [-0.39, 0.29) is 11.9 Å². The normalized spacial score (nSPS) is 13.9. The lowest BCUT2D eigenvalue weighted by Gasteiger charge is -2.09. The molecule has 2 aromatic carbocycles. The molecule has 24 heavy (non-hydrogen) atoms. The topological polar surface area (TPSA) is 80.9 Å². The molecule has 1 aliphatic rings. The number of carbonyl (C=O) groups excluding carboxylic acids is 1. The van der Waals surface area contributed by atoms with E-state index in [0.717, 1.165) is 34.9 Å². The predicted molar refractivity (Wildman–Crippen MR) is 94.9 cm³/mol. The molecule has 0 unspecified atom stereocenters. The van der Waals surface area contributed by atoms with Crippen LogP contribution in [0.4, 0.5) is 5.95 Å². The number of nitrogens with zero attached hydrogens (tertiary/aromatic N) is 2. The Kier molecular flexibility index (Phi) is 3.58. The molecule has 1 fully saturated rings. The van der Waals surface area contributed by atoms with Crippen LogP contribution in [0.3, 0.4) is 0 Å². The third-order valence-electron chi connectivity index (χ3n) is 4.05. The van der Waals surface area contributed by atoms with E-state index >= 15 is 0 Å². The zero-order valence-corrected chi connectivity index (χ0v) is 13.5. The Morgan fingerprint density at radius 2 is 2.04 bits per heavy atom. The number of benzene rings is 2. The average molecular weight is 339 g/mol. The maximum Gasteiger partial charge on any atom is 0.251 e. The smallest absolute Gasteiger partial charge is 0.251 e. The van der Waals surface area contributed by atoms with Gasteiger partial charge in [0, 0.05) is 33.8 Å². The molecule has 0 saturated heterocycles. The monoisotopic (exact) mass is 338 g/mol. The minimum atomic E-state index is -0.0627. The Bertz CT molecular complexity index is 953. The van der Waals surface area contributed by atoms with Crippen molar-refractivity contribution in [1.29, 1.82) is 0 Å². The highest BCUT2D eigenvalue weighted by atomic mass is 35.5. The molecule has 4 rings (SSSR count). The molecule has 3 aromatic rings. The molecule has 6 heteroatoms. The number of fused-ring (bicyclic) bond motifs is 1. The predicted octanol–water partition coefficient (Wildman–Crippen LogP) is 3.42. The van der Waals surface area contributed by atoms with E-state index in [2.05, 4.69) is 15.3 Å². The number of aromatic nitrogens is 2. The van der Waals surface area contributed by atoms with Gasteiger partial charge in [0.15, 0.2) is 0 Å². The van der Waals surface area contributed by atoms with Crippen LogP contribution < -0.4 is 11.1 Å². The fraction of sp³-hybridized carbons (Fsp3) is 0.167. The van der Waals surface area contributed by atoms with Crippen molar-refractivity contribution in [3.05, 3.63) is 53.2 Å². The molecule has 1 amide bonds. The lowest BCUT2D eigenvalue weighted by Crippen LogP contribution is -2.25. The minimum Gasteiger partial charge on any atom is -0.368 e. The standard InChI is InChI=1S/C18H15ClN4O/c19-15-5-1-11(17(24)22-13-3-4-13)8-14(15)10-2-6-16-12(7-10)9-21-18(20)23-16/h1-2,5-9,13H,3-4H2,(H,22,24)(H2,20,21,23). The number of carbonyl (C=O) groups is 1. The van der Waals surface area contributed by atoms with Crippen LogP contribution in [0.1, 0.15) is 23.2 Å². The summed E-state index contributed by atoms with van der Waals surface area (Å²) in [6, 6.07) is 11.4. The van der Waals surface area contributed by atoms with Gasteiger partial charge in [0.05, 0.1) is 5.52 Å². The first-order valence-electron chi connectivity index (χ1n) is 7.73. The summed E-state index contributed by atoms with van der Waals surface area (Å²) in [5.41, 5.74) is 8.69. The summed E-state index contributed by atoms with van der Waals surface area (Å²) < 4.78 is 0. The van der Waals surface area contributed by atoms with Gasteiger partial charge in [-0.05, 0) is 48.7 Å². The Morgan fingerprint density at radius 3 is 2.83 bits per heavy atom. The third-order valence-corrected chi connectivity index (χ3v) is 4.38. The fourth-order valence-electron chi connectivity index (χ4n) is 2.60. The van der Waals surface area contributed by atoms with Gasteiger partial charge in [0.2, 0.25) is 5.95 Å². The molecule has 0 bridgehead atoms. The number of anilines is 1. The highest BCUT2D eigenvalue weighted by molar-refractivity contribution is 6.33. The minimum absolute atomic E-state index is 0.0627. The Hall–Kier alpha value is -2.66. The highest BCUT2D eigenvalue weighted by Gasteiger charge is 2.24. The van der Waals surface area contributed by atoms with Gasteiger partial charge in [-0.1, -0.05) is 17.7 Å². The van der Waals surface area contributed by atoms with Crippen molar-refractivity contribution < 1.29 is 4.79 Å². The third kappa shape index (κ3) is 2.90. The van der Waals surface area contributed by atoms with Crippen molar-refractivity contribution in [1.82, 2.24) is 15.3 Å². The van der Waals surface area contributed by atoms with Gasteiger partial charge < -0.3 is 11.1 Å². The van der Waals surface area contributed by atoms with Crippen molar-refractivity contribution in [2.45, 2.75) is 18.9 Å². The largest absolute Gasteiger partial charge is 0.368 e. The number of hydrogen-bond acceptors (Lipinski definition) is 4. The van der Waals surface area contributed by atoms with Crippen LogP contribution in [0.25, 0.3) is 22.0 Å². The average Bonchev–Trinajstić information content (AvgIpc) is 3.38. The van der Waals surface area contributed by atoms with Crippen LogP contribution in [-0.4, -0.2) is 21.9 Å². The van der Waals surface area contributed by atoms with Crippen LogP contribution >= 0.6 is 11.6 Å². The van der Waals surface area contributed by atoms with E-state index in [4.69, 9.17) is 17.3 Å². The van der Waals surface area contributed by atoms with E-state index in [1.807, 2.05) is 24.3 Å². The molecule has 1 aromatic heterocycles. The molecule has 0 radical (unpaired) electrons. The molecule has 0 aliphatic heterocycles. The van der Waals surface area contributed by atoms with Crippen molar-refractivity contribution in [3.8, 4) is 11.1 Å². The first-order valence-corrected chi connectivity index (χ1v) is 8.11. The van der Waals surface area contributed by atoms with Crippen molar-refractivity contribution in [2.75, 3.05) is 5.73 Å². The first kappa shape index (κ1) is 14.9. The highest BCUT2D eigenvalue weighted by Crippen LogP contribution is 2.31. The summed E-state index contributed by atoms with van der Waals surface area (Å²) in [5, 5.41) is 4.45. The molecule has 3 N–H and O–H groups in total. The van der Waals surface area contributed by atoms with Crippen LogP contribution in [0, 0.1) is 0 Å².